The van der Waals surface area contributed by atoms with Gasteiger partial charge in [-0.1, -0.05) is 36.8 Å². The van der Waals surface area contributed by atoms with Gasteiger partial charge in [0.25, 0.3) is 0 Å². The Balaban J connectivity index is 1.46. The van der Waals surface area contributed by atoms with Gasteiger partial charge in [-0.3, -0.25) is 4.98 Å². The zero-order valence-corrected chi connectivity index (χ0v) is 14.3. The molecule has 0 spiro atoms. The van der Waals surface area contributed by atoms with Crippen molar-refractivity contribution >= 4 is 17.6 Å². The Hall–Kier alpha value is -3.02. The Morgan fingerprint density at radius 1 is 0.808 bits per heavy atom. The van der Waals surface area contributed by atoms with Crippen LogP contribution in [0.3, 0.4) is 0 Å². The third-order valence-electron chi connectivity index (χ3n) is 5.31. The molecule has 1 aromatic carbocycles. The molecule has 2 aliphatic rings. The Labute approximate surface area is 152 Å². The van der Waals surface area contributed by atoms with Gasteiger partial charge in [-0.05, 0) is 36.8 Å². The van der Waals surface area contributed by atoms with Gasteiger partial charge < -0.3 is 10.6 Å². The number of pyridine rings is 1. The van der Waals surface area contributed by atoms with Crippen LogP contribution in [0.1, 0.15) is 19.3 Å². The molecule has 0 amide bonds. The number of rotatable bonds is 5. The van der Waals surface area contributed by atoms with Crippen molar-refractivity contribution in [3.8, 4) is 11.4 Å². The molecule has 0 bridgehead atoms. The van der Waals surface area contributed by atoms with Gasteiger partial charge in [0.15, 0.2) is 5.82 Å². The van der Waals surface area contributed by atoms with E-state index in [0.29, 0.717) is 23.8 Å². The molecule has 2 saturated carbocycles. The minimum Gasteiger partial charge on any atom is -0.351 e. The van der Waals surface area contributed by atoms with E-state index in [0.717, 1.165) is 23.1 Å². The number of aromatic nitrogens is 4. The molecule has 26 heavy (non-hydrogen) atoms. The number of anilines is 3. The van der Waals surface area contributed by atoms with Gasteiger partial charge in [-0.25, -0.2) is 0 Å². The molecule has 2 heterocycles. The van der Waals surface area contributed by atoms with Crippen molar-refractivity contribution in [2.24, 2.45) is 11.8 Å². The predicted octanol–water partition coefficient (Wildman–Crippen LogP) is 3.89. The number of benzene rings is 1. The summed E-state index contributed by atoms with van der Waals surface area (Å²) < 4.78 is 0. The lowest BCUT2D eigenvalue weighted by Crippen LogP contribution is -2.13. The van der Waals surface area contributed by atoms with E-state index in [4.69, 9.17) is 0 Å². The van der Waals surface area contributed by atoms with E-state index in [9.17, 15) is 0 Å². The number of hydrogen-bond acceptors (Lipinski definition) is 6. The third kappa shape index (κ3) is 2.98. The van der Waals surface area contributed by atoms with Crippen LogP contribution in [0, 0.1) is 11.8 Å². The molecule has 6 heteroatoms. The molecule has 5 rings (SSSR count). The third-order valence-corrected chi connectivity index (χ3v) is 5.31. The second-order valence-corrected chi connectivity index (χ2v) is 6.96. The van der Waals surface area contributed by atoms with Crippen molar-refractivity contribution in [3.05, 3.63) is 54.9 Å². The molecule has 0 saturated heterocycles. The largest absolute Gasteiger partial charge is 0.351 e. The first-order valence-corrected chi connectivity index (χ1v) is 9.12. The molecule has 6 nitrogen and oxygen atoms in total. The lowest BCUT2D eigenvalue weighted by Gasteiger charge is -2.11. The number of fused-ring (bicyclic) bond motifs is 1. The van der Waals surface area contributed by atoms with Gasteiger partial charge in [-0.15, -0.1) is 0 Å². The highest BCUT2D eigenvalue weighted by Crippen LogP contribution is 2.53. The standard InChI is InChI=1S/C20H20N6/c1-2-5-13(6-3-1)18-24-19(22-14-9-11-21-12-10-14)26-20(25-18)23-17-15-7-4-8-16(15)17/h1-3,5-6,9-12,15-17H,4,7-8H2,(H2,21,22,23,24,25,26). The SMILES string of the molecule is c1ccc(-c2nc(Nc3ccncc3)nc(NC3C4CCCC43)n2)cc1. The molecule has 2 unspecified atom stereocenters. The summed E-state index contributed by atoms with van der Waals surface area (Å²) in [6.07, 6.45) is 7.48. The number of nitrogens with one attached hydrogen (secondary N) is 2. The van der Waals surface area contributed by atoms with Crippen LogP contribution in [0.4, 0.5) is 17.6 Å². The maximum atomic E-state index is 4.67. The van der Waals surface area contributed by atoms with Gasteiger partial charge in [0.1, 0.15) is 0 Å². The summed E-state index contributed by atoms with van der Waals surface area (Å²) in [6, 6.07) is 14.3. The van der Waals surface area contributed by atoms with E-state index in [1.165, 1.54) is 19.3 Å². The van der Waals surface area contributed by atoms with Crippen LogP contribution in [0.15, 0.2) is 54.9 Å². The Morgan fingerprint density at radius 2 is 1.54 bits per heavy atom. The van der Waals surface area contributed by atoms with Crippen molar-refractivity contribution < 1.29 is 0 Å². The fourth-order valence-electron chi connectivity index (χ4n) is 3.96. The Bertz CT molecular complexity index is 889. The van der Waals surface area contributed by atoms with Gasteiger partial charge in [0, 0.05) is 29.7 Å². The molecule has 0 aliphatic heterocycles. The molecule has 2 N–H and O–H groups in total. The fourth-order valence-corrected chi connectivity index (χ4v) is 3.96. The highest BCUT2D eigenvalue weighted by Gasteiger charge is 2.52. The summed E-state index contributed by atoms with van der Waals surface area (Å²) >= 11 is 0. The van der Waals surface area contributed by atoms with Crippen molar-refractivity contribution in [1.29, 1.82) is 0 Å². The van der Waals surface area contributed by atoms with E-state index in [1.807, 2.05) is 42.5 Å². The smallest absolute Gasteiger partial charge is 0.232 e. The van der Waals surface area contributed by atoms with Crippen molar-refractivity contribution in [2.45, 2.75) is 25.3 Å². The van der Waals surface area contributed by atoms with Crippen LogP contribution < -0.4 is 10.6 Å². The van der Waals surface area contributed by atoms with E-state index in [-0.39, 0.29) is 0 Å². The maximum Gasteiger partial charge on any atom is 0.232 e. The average Bonchev–Trinajstić information content (AvgIpc) is 3.10. The first-order valence-electron chi connectivity index (χ1n) is 9.12. The van der Waals surface area contributed by atoms with Crippen LogP contribution in [0.25, 0.3) is 11.4 Å². The van der Waals surface area contributed by atoms with Gasteiger partial charge in [-0.2, -0.15) is 15.0 Å². The first-order chi connectivity index (χ1) is 12.9. The topological polar surface area (TPSA) is 75.6 Å². The normalized spacial score (nSPS) is 23.3. The van der Waals surface area contributed by atoms with E-state index < -0.39 is 0 Å². The lowest BCUT2D eigenvalue weighted by molar-refractivity contribution is 0.692. The molecule has 2 fully saturated rings. The summed E-state index contributed by atoms with van der Waals surface area (Å²) in [5, 5.41) is 6.80. The molecule has 0 radical (unpaired) electrons. The molecule has 2 atom stereocenters. The summed E-state index contributed by atoms with van der Waals surface area (Å²) in [4.78, 5) is 17.9. The van der Waals surface area contributed by atoms with Crippen LogP contribution in [0.2, 0.25) is 0 Å². The zero-order chi connectivity index (χ0) is 17.3. The van der Waals surface area contributed by atoms with Crippen LogP contribution in [-0.2, 0) is 0 Å². The van der Waals surface area contributed by atoms with Gasteiger partial charge in [0.05, 0.1) is 0 Å². The summed E-state index contributed by atoms with van der Waals surface area (Å²) in [6.45, 7) is 0. The highest BCUT2D eigenvalue weighted by molar-refractivity contribution is 5.60. The van der Waals surface area contributed by atoms with E-state index in [2.05, 4.69) is 30.6 Å². The molecule has 3 aromatic rings. The second kappa shape index (κ2) is 6.37. The molecule has 2 aliphatic carbocycles. The quantitative estimate of drug-likeness (QED) is 0.731. The summed E-state index contributed by atoms with van der Waals surface area (Å²) in [7, 11) is 0. The maximum absolute atomic E-state index is 4.67. The van der Waals surface area contributed by atoms with Gasteiger partial charge in [0.2, 0.25) is 11.9 Å². The highest BCUT2D eigenvalue weighted by atomic mass is 15.2. The number of nitrogens with zero attached hydrogens (tertiary/aromatic N) is 4. The lowest BCUT2D eigenvalue weighted by atomic mass is 10.2. The van der Waals surface area contributed by atoms with Crippen LogP contribution >= 0.6 is 0 Å². The van der Waals surface area contributed by atoms with E-state index >= 15 is 0 Å². The van der Waals surface area contributed by atoms with Crippen LogP contribution in [-0.4, -0.2) is 26.0 Å². The molecule has 2 aromatic heterocycles. The summed E-state index contributed by atoms with van der Waals surface area (Å²) in [5.74, 6) is 3.45. The van der Waals surface area contributed by atoms with Crippen molar-refractivity contribution in [3.63, 3.8) is 0 Å². The predicted molar refractivity (Wildman–Crippen MR) is 101 cm³/mol. The van der Waals surface area contributed by atoms with Crippen molar-refractivity contribution in [2.75, 3.05) is 10.6 Å². The van der Waals surface area contributed by atoms with Gasteiger partial charge >= 0.3 is 0 Å². The Morgan fingerprint density at radius 3 is 2.31 bits per heavy atom. The Kier molecular flexibility index (Phi) is 3.74. The zero-order valence-electron chi connectivity index (χ0n) is 14.3. The minimum absolute atomic E-state index is 0.517. The molecular formula is C20H20N6. The van der Waals surface area contributed by atoms with Crippen molar-refractivity contribution in [1.82, 2.24) is 19.9 Å². The summed E-state index contributed by atoms with van der Waals surface area (Å²) in [5.41, 5.74) is 1.88. The fraction of sp³-hybridized carbons (Fsp3) is 0.300. The minimum atomic E-state index is 0.517. The van der Waals surface area contributed by atoms with E-state index in [1.54, 1.807) is 12.4 Å². The average molecular weight is 344 g/mol. The second-order valence-electron chi connectivity index (χ2n) is 6.96. The monoisotopic (exact) mass is 344 g/mol. The number of hydrogen-bond donors (Lipinski definition) is 2. The molecular weight excluding hydrogens is 324 g/mol. The first kappa shape index (κ1) is 15.3. The van der Waals surface area contributed by atoms with Crippen LogP contribution in [0.5, 0.6) is 0 Å². The molecule has 130 valence electrons.